The molecule has 0 spiro atoms. The van der Waals surface area contributed by atoms with Gasteiger partial charge in [-0.25, -0.2) is 0 Å². The highest BCUT2D eigenvalue weighted by molar-refractivity contribution is 7.15. The van der Waals surface area contributed by atoms with E-state index >= 15 is 0 Å². The molecule has 0 N–H and O–H groups in total. The van der Waals surface area contributed by atoms with Gasteiger partial charge in [0.2, 0.25) is 5.43 Å². The van der Waals surface area contributed by atoms with Gasteiger partial charge >= 0.3 is 0 Å². The van der Waals surface area contributed by atoms with Crippen molar-refractivity contribution in [1.29, 1.82) is 0 Å². The van der Waals surface area contributed by atoms with Crippen LogP contribution in [-0.2, 0) is 12.3 Å². The first-order valence-corrected chi connectivity index (χ1v) is 8.82. The smallest absolute Gasteiger partial charge is 0.200 e. The van der Waals surface area contributed by atoms with Gasteiger partial charge in [0.15, 0.2) is 0 Å². The van der Waals surface area contributed by atoms with E-state index in [0.29, 0.717) is 16.5 Å². The molecule has 0 saturated carbocycles. The lowest BCUT2D eigenvalue weighted by Gasteiger charge is -2.08. The van der Waals surface area contributed by atoms with E-state index in [9.17, 15) is 4.79 Å². The summed E-state index contributed by atoms with van der Waals surface area (Å²) in [6.07, 6.45) is 3.16. The zero-order valence-electron chi connectivity index (χ0n) is 12.4. The molecule has 4 heteroatoms. The second-order valence-electron chi connectivity index (χ2n) is 5.38. The Bertz CT molecular complexity index is 880. The summed E-state index contributed by atoms with van der Waals surface area (Å²) in [5.41, 5.74) is 5.56. The van der Waals surface area contributed by atoms with Crippen LogP contribution in [0.25, 0.3) is 22.1 Å². The fourth-order valence-corrected chi connectivity index (χ4v) is 3.17. The Morgan fingerprint density at radius 2 is 1.77 bits per heavy atom. The van der Waals surface area contributed by atoms with Crippen molar-refractivity contribution < 1.29 is 4.42 Å². The molecule has 0 radical (unpaired) electrons. The number of hydrogen-bond acceptors (Lipinski definition) is 2. The van der Waals surface area contributed by atoms with E-state index in [2.05, 4.69) is 24.5 Å². The molecule has 1 aromatic heterocycles. The second kappa shape index (κ2) is 6.32. The van der Waals surface area contributed by atoms with Gasteiger partial charge in [-0.15, -0.1) is 18.5 Å². The van der Waals surface area contributed by atoms with Crippen LogP contribution in [0.1, 0.15) is 16.7 Å². The number of hydrogen-bond donors (Lipinski definition) is 0. The van der Waals surface area contributed by atoms with Crippen molar-refractivity contribution in [3.8, 4) is 11.1 Å². The molecule has 0 aliphatic rings. The summed E-state index contributed by atoms with van der Waals surface area (Å²) in [6, 6.07) is 12.0. The molecular formula is C18H18O2P2. The lowest BCUT2D eigenvalue weighted by molar-refractivity contribution is 0.604. The molecule has 0 saturated heterocycles. The predicted octanol–water partition coefficient (Wildman–Crippen LogP) is 4.52. The average Bonchev–Trinajstić information content (AvgIpc) is 2.55. The zero-order valence-corrected chi connectivity index (χ0v) is 14.7. The summed E-state index contributed by atoms with van der Waals surface area (Å²) >= 11 is 0. The zero-order chi connectivity index (χ0) is 15.7. The number of benzene rings is 2. The number of rotatable bonds is 3. The van der Waals surface area contributed by atoms with Crippen molar-refractivity contribution in [2.24, 2.45) is 0 Å². The maximum absolute atomic E-state index is 12.9. The molecule has 112 valence electrons. The Morgan fingerprint density at radius 1 is 1.05 bits per heavy atom. The summed E-state index contributed by atoms with van der Waals surface area (Å²) < 4.78 is 5.77. The number of aryl methyl sites for hydroxylation is 1. The Labute approximate surface area is 134 Å². The Kier molecular flexibility index (Phi) is 4.43. The first-order valence-electron chi connectivity index (χ1n) is 7.18. The lowest BCUT2D eigenvalue weighted by atomic mass is 10.0. The van der Waals surface area contributed by atoms with Gasteiger partial charge in [-0.1, -0.05) is 35.9 Å². The lowest BCUT2D eigenvalue weighted by Crippen LogP contribution is -2.07. The third kappa shape index (κ3) is 2.74. The minimum Gasteiger partial charge on any atom is -0.463 e. The molecule has 2 aromatic carbocycles. The molecule has 0 aliphatic carbocycles. The molecule has 3 aromatic rings. The van der Waals surface area contributed by atoms with E-state index < -0.39 is 0 Å². The minimum atomic E-state index is 0.0397. The van der Waals surface area contributed by atoms with Gasteiger partial charge in [0.25, 0.3) is 0 Å². The molecule has 0 amide bonds. The Balaban J connectivity index is 2.29. The summed E-state index contributed by atoms with van der Waals surface area (Å²) in [6.45, 7) is 2.03. The van der Waals surface area contributed by atoms with Gasteiger partial charge in [-0.3, -0.25) is 4.79 Å². The van der Waals surface area contributed by atoms with Crippen molar-refractivity contribution in [2.45, 2.75) is 19.2 Å². The topological polar surface area (TPSA) is 30.2 Å². The van der Waals surface area contributed by atoms with Gasteiger partial charge in [-0.2, -0.15) is 0 Å². The standard InChI is InChI=1S/C18H18O2P2/c1-11-2-4-13(5-3-11)15-8-20-16-7-12(9-21)6-14(10-22)17(16)18(15)19/h2-8H,9-10,21-22H2,1H3. The summed E-state index contributed by atoms with van der Waals surface area (Å²) in [4.78, 5) is 12.9. The monoisotopic (exact) mass is 328 g/mol. The normalized spacial score (nSPS) is 11.0. The first kappa shape index (κ1) is 15.4. The van der Waals surface area contributed by atoms with Crippen LogP contribution in [0.4, 0.5) is 0 Å². The molecule has 2 nitrogen and oxygen atoms in total. The van der Waals surface area contributed by atoms with Crippen molar-refractivity contribution >= 4 is 29.4 Å². The van der Waals surface area contributed by atoms with E-state index in [1.165, 1.54) is 5.56 Å². The van der Waals surface area contributed by atoms with Crippen LogP contribution in [0, 0.1) is 6.92 Å². The van der Waals surface area contributed by atoms with Gasteiger partial charge in [0.1, 0.15) is 11.8 Å². The van der Waals surface area contributed by atoms with Crippen molar-refractivity contribution in [3.63, 3.8) is 0 Å². The third-order valence-electron chi connectivity index (χ3n) is 3.84. The highest BCUT2D eigenvalue weighted by Gasteiger charge is 2.13. The van der Waals surface area contributed by atoms with Crippen LogP contribution in [0.2, 0.25) is 0 Å². The van der Waals surface area contributed by atoms with Gasteiger partial charge in [0.05, 0.1) is 10.9 Å². The van der Waals surface area contributed by atoms with Gasteiger partial charge < -0.3 is 4.42 Å². The fourth-order valence-electron chi connectivity index (χ4n) is 2.61. The SMILES string of the molecule is Cc1ccc(-c2coc3cc(CP)cc(CP)c3c2=O)cc1. The fraction of sp³-hybridized carbons (Fsp3) is 0.167. The minimum absolute atomic E-state index is 0.0397. The molecule has 2 unspecified atom stereocenters. The van der Waals surface area contributed by atoms with Crippen molar-refractivity contribution in [3.05, 3.63) is 69.6 Å². The first-order chi connectivity index (χ1) is 10.6. The van der Waals surface area contributed by atoms with Gasteiger partial charge in [0, 0.05) is 0 Å². The van der Waals surface area contributed by atoms with E-state index in [0.717, 1.165) is 29.0 Å². The number of fused-ring (bicyclic) bond motifs is 1. The van der Waals surface area contributed by atoms with Gasteiger partial charge in [-0.05, 0) is 42.0 Å². The van der Waals surface area contributed by atoms with Crippen LogP contribution in [0.5, 0.6) is 0 Å². The van der Waals surface area contributed by atoms with E-state index in [4.69, 9.17) is 4.42 Å². The van der Waals surface area contributed by atoms with Crippen LogP contribution in [0.3, 0.4) is 0 Å². The molecule has 0 aliphatic heterocycles. The average molecular weight is 328 g/mol. The highest BCUT2D eigenvalue weighted by atomic mass is 31.0. The summed E-state index contributed by atoms with van der Waals surface area (Å²) in [5, 5.41) is 0.690. The summed E-state index contributed by atoms with van der Waals surface area (Å²) in [5.74, 6) is 0. The molecule has 3 rings (SSSR count). The summed E-state index contributed by atoms with van der Waals surface area (Å²) in [7, 11) is 5.40. The van der Waals surface area contributed by atoms with Crippen LogP contribution < -0.4 is 5.43 Å². The van der Waals surface area contributed by atoms with Crippen LogP contribution >= 0.6 is 18.5 Å². The largest absolute Gasteiger partial charge is 0.463 e. The molecule has 2 atom stereocenters. The maximum atomic E-state index is 12.9. The van der Waals surface area contributed by atoms with E-state index in [1.807, 2.05) is 37.3 Å². The quantitative estimate of drug-likeness (QED) is 0.662. The second-order valence-corrected chi connectivity index (χ2v) is 6.20. The predicted molar refractivity (Wildman–Crippen MR) is 99.5 cm³/mol. The molecule has 1 heterocycles. The van der Waals surface area contributed by atoms with Crippen molar-refractivity contribution in [2.75, 3.05) is 0 Å². The Morgan fingerprint density at radius 3 is 2.41 bits per heavy atom. The highest BCUT2D eigenvalue weighted by Crippen LogP contribution is 2.25. The third-order valence-corrected chi connectivity index (χ3v) is 4.75. The van der Waals surface area contributed by atoms with E-state index in [-0.39, 0.29) is 5.43 Å². The van der Waals surface area contributed by atoms with E-state index in [1.54, 1.807) is 6.26 Å². The van der Waals surface area contributed by atoms with Crippen molar-refractivity contribution in [1.82, 2.24) is 0 Å². The maximum Gasteiger partial charge on any atom is 0.200 e. The Hall–Kier alpha value is -1.49. The van der Waals surface area contributed by atoms with Crippen LogP contribution in [0.15, 0.2) is 51.9 Å². The molecular weight excluding hydrogens is 310 g/mol. The molecule has 22 heavy (non-hydrogen) atoms. The molecule has 0 fully saturated rings. The van der Waals surface area contributed by atoms with Crippen LogP contribution in [-0.4, -0.2) is 0 Å². The molecule has 0 bridgehead atoms.